The summed E-state index contributed by atoms with van der Waals surface area (Å²) in [5.41, 5.74) is 1.90. The first-order valence-corrected chi connectivity index (χ1v) is 10.1. The highest BCUT2D eigenvalue weighted by Gasteiger charge is 2.08. The van der Waals surface area contributed by atoms with Gasteiger partial charge in [0, 0.05) is 5.38 Å². The lowest BCUT2D eigenvalue weighted by molar-refractivity contribution is -0.118. The fourth-order valence-corrected chi connectivity index (χ4v) is 3.50. The van der Waals surface area contributed by atoms with Crippen LogP contribution in [0.1, 0.15) is 11.3 Å². The zero-order chi connectivity index (χ0) is 20.1. The number of carbonyl (C=O) groups is 1. The lowest BCUT2D eigenvalue weighted by Crippen LogP contribution is -2.20. The molecule has 0 fully saturated rings. The molecule has 0 unspecified atom stereocenters. The number of hydrogen-bond donors (Lipinski definition) is 1. The third-order valence-corrected chi connectivity index (χ3v) is 5.10. The van der Waals surface area contributed by atoms with Gasteiger partial charge in [0.2, 0.25) is 0 Å². The summed E-state index contributed by atoms with van der Waals surface area (Å²) in [5.74, 6) is 1.20. The zero-order valence-electron chi connectivity index (χ0n) is 15.9. The Bertz CT molecular complexity index is 1120. The normalized spacial score (nSPS) is 10.7. The van der Waals surface area contributed by atoms with Crippen LogP contribution in [-0.2, 0) is 11.4 Å². The summed E-state index contributed by atoms with van der Waals surface area (Å²) in [6, 6.07) is 21.7. The predicted molar refractivity (Wildman–Crippen MR) is 116 cm³/mol. The van der Waals surface area contributed by atoms with Gasteiger partial charge in [-0.25, -0.2) is 4.98 Å². The molecule has 1 heterocycles. The van der Waals surface area contributed by atoms with E-state index in [1.807, 2.05) is 66.9 Å². The predicted octanol–water partition coefficient (Wildman–Crippen LogP) is 5.20. The Morgan fingerprint density at radius 3 is 2.55 bits per heavy atom. The first kappa shape index (κ1) is 19.0. The van der Waals surface area contributed by atoms with E-state index in [1.54, 1.807) is 0 Å². The number of aryl methyl sites for hydroxylation is 1. The molecule has 0 spiro atoms. The smallest absolute Gasteiger partial charge is 0.264 e. The molecule has 5 nitrogen and oxygen atoms in total. The van der Waals surface area contributed by atoms with E-state index in [0.29, 0.717) is 17.5 Å². The van der Waals surface area contributed by atoms with Crippen LogP contribution >= 0.6 is 11.3 Å². The van der Waals surface area contributed by atoms with Crippen molar-refractivity contribution >= 4 is 33.1 Å². The fourth-order valence-electron chi connectivity index (χ4n) is 2.78. The van der Waals surface area contributed by atoms with E-state index >= 15 is 0 Å². The molecule has 6 heteroatoms. The van der Waals surface area contributed by atoms with Crippen molar-refractivity contribution in [3.63, 3.8) is 0 Å². The molecule has 0 bridgehead atoms. The summed E-state index contributed by atoms with van der Waals surface area (Å²) in [7, 11) is 0. The van der Waals surface area contributed by atoms with E-state index < -0.39 is 0 Å². The summed E-state index contributed by atoms with van der Waals surface area (Å²) in [4.78, 5) is 16.5. The van der Waals surface area contributed by atoms with Gasteiger partial charge in [-0.15, -0.1) is 11.3 Å². The second-order valence-electron chi connectivity index (χ2n) is 6.59. The third kappa shape index (κ3) is 5.12. The van der Waals surface area contributed by atoms with E-state index in [-0.39, 0.29) is 12.5 Å². The number of amides is 1. The Balaban J connectivity index is 1.28. The maximum Gasteiger partial charge on any atom is 0.264 e. The maximum absolute atomic E-state index is 12.1. The van der Waals surface area contributed by atoms with Crippen molar-refractivity contribution in [2.75, 3.05) is 11.9 Å². The van der Waals surface area contributed by atoms with E-state index in [4.69, 9.17) is 9.47 Å². The molecule has 0 saturated heterocycles. The minimum absolute atomic E-state index is 0.0639. The van der Waals surface area contributed by atoms with Crippen LogP contribution in [0.15, 0.2) is 72.1 Å². The van der Waals surface area contributed by atoms with Crippen molar-refractivity contribution in [1.29, 1.82) is 0 Å². The average molecular weight is 404 g/mol. The molecule has 1 amide bonds. The molecule has 1 aromatic heterocycles. The van der Waals surface area contributed by atoms with Crippen LogP contribution < -0.4 is 14.8 Å². The van der Waals surface area contributed by atoms with Gasteiger partial charge in [0.25, 0.3) is 5.91 Å². The van der Waals surface area contributed by atoms with Crippen LogP contribution in [0, 0.1) is 6.92 Å². The number of anilines is 1. The third-order valence-electron chi connectivity index (χ3n) is 4.30. The van der Waals surface area contributed by atoms with Crippen LogP contribution in [0.5, 0.6) is 11.5 Å². The summed E-state index contributed by atoms with van der Waals surface area (Å²) < 4.78 is 11.3. The fraction of sp³-hybridized carbons (Fsp3) is 0.130. The van der Waals surface area contributed by atoms with Crippen molar-refractivity contribution in [3.05, 3.63) is 83.4 Å². The summed E-state index contributed by atoms with van der Waals surface area (Å²) in [6.45, 7) is 2.27. The van der Waals surface area contributed by atoms with Crippen LogP contribution in [0.2, 0.25) is 0 Å². The highest BCUT2D eigenvalue weighted by atomic mass is 32.1. The molecular formula is C23H20N2O3S. The van der Waals surface area contributed by atoms with Gasteiger partial charge in [0.15, 0.2) is 11.7 Å². The van der Waals surface area contributed by atoms with Crippen molar-refractivity contribution in [2.24, 2.45) is 0 Å². The number of nitrogens with one attached hydrogen (secondary N) is 1. The molecule has 0 saturated carbocycles. The molecule has 3 aromatic carbocycles. The molecule has 0 aliphatic rings. The second kappa shape index (κ2) is 8.75. The Kier molecular flexibility index (Phi) is 5.72. The number of nitrogens with zero attached hydrogens (tertiary/aromatic N) is 1. The minimum Gasteiger partial charge on any atom is -0.487 e. The summed E-state index contributed by atoms with van der Waals surface area (Å²) in [6.07, 6.45) is 0. The van der Waals surface area contributed by atoms with Crippen LogP contribution in [-0.4, -0.2) is 17.5 Å². The first-order chi connectivity index (χ1) is 14.2. The maximum atomic E-state index is 12.1. The lowest BCUT2D eigenvalue weighted by atomic mass is 10.1. The highest BCUT2D eigenvalue weighted by Crippen LogP contribution is 2.22. The monoisotopic (exact) mass is 404 g/mol. The van der Waals surface area contributed by atoms with Crippen LogP contribution in [0.3, 0.4) is 0 Å². The Morgan fingerprint density at radius 2 is 1.72 bits per heavy atom. The van der Waals surface area contributed by atoms with Crippen molar-refractivity contribution < 1.29 is 14.3 Å². The van der Waals surface area contributed by atoms with Gasteiger partial charge >= 0.3 is 0 Å². The number of fused-ring (bicyclic) bond motifs is 1. The number of benzene rings is 3. The molecule has 0 aliphatic carbocycles. The Morgan fingerprint density at radius 1 is 0.966 bits per heavy atom. The highest BCUT2D eigenvalue weighted by molar-refractivity contribution is 7.13. The summed E-state index contributed by atoms with van der Waals surface area (Å²) >= 11 is 1.36. The van der Waals surface area contributed by atoms with Gasteiger partial charge in [-0.3, -0.25) is 10.1 Å². The van der Waals surface area contributed by atoms with Gasteiger partial charge in [0.05, 0.1) is 5.69 Å². The molecule has 4 rings (SSSR count). The minimum atomic E-state index is -0.248. The largest absolute Gasteiger partial charge is 0.487 e. The molecule has 146 valence electrons. The quantitative estimate of drug-likeness (QED) is 0.460. The van der Waals surface area contributed by atoms with Crippen LogP contribution in [0.25, 0.3) is 10.8 Å². The van der Waals surface area contributed by atoms with E-state index in [0.717, 1.165) is 22.4 Å². The molecule has 0 radical (unpaired) electrons. The first-order valence-electron chi connectivity index (χ1n) is 9.21. The van der Waals surface area contributed by atoms with E-state index in [1.165, 1.54) is 16.7 Å². The number of thiazole rings is 1. The lowest BCUT2D eigenvalue weighted by Gasteiger charge is -2.06. The molecule has 29 heavy (non-hydrogen) atoms. The standard InChI is InChI=1S/C23H20N2O3S/c1-16-6-9-20(10-7-16)28-14-22(26)25-23-24-19(15-29-23)13-27-21-11-8-17-4-2-3-5-18(17)12-21/h2-12,15H,13-14H2,1H3,(H,24,25,26). The average Bonchev–Trinajstić information content (AvgIpc) is 3.19. The number of carbonyl (C=O) groups excluding carboxylic acids is 1. The summed E-state index contributed by atoms with van der Waals surface area (Å²) in [5, 5.41) is 7.46. The van der Waals surface area contributed by atoms with Gasteiger partial charge < -0.3 is 9.47 Å². The van der Waals surface area contributed by atoms with Crippen molar-refractivity contribution in [2.45, 2.75) is 13.5 Å². The molecule has 0 aliphatic heterocycles. The topological polar surface area (TPSA) is 60.5 Å². The van der Waals surface area contributed by atoms with E-state index in [9.17, 15) is 4.79 Å². The second-order valence-corrected chi connectivity index (χ2v) is 7.45. The van der Waals surface area contributed by atoms with Crippen molar-refractivity contribution in [1.82, 2.24) is 4.98 Å². The zero-order valence-corrected chi connectivity index (χ0v) is 16.7. The van der Waals surface area contributed by atoms with Crippen LogP contribution in [0.4, 0.5) is 5.13 Å². The number of hydrogen-bond acceptors (Lipinski definition) is 5. The number of rotatable bonds is 7. The Labute approximate surface area is 172 Å². The Hall–Kier alpha value is -3.38. The molecular weight excluding hydrogens is 384 g/mol. The SMILES string of the molecule is Cc1ccc(OCC(=O)Nc2nc(COc3ccc4ccccc4c3)cs2)cc1. The molecule has 4 aromatic rings. The number of ether oxygens (including phenoxy) is 2. The number of aromatic nitrogens is 1. The van der Waals surface area contributed by atoms with Gasteiger partial charge in [-0.2, -0.15) is 0 Å². The van der Waals surface area contributed by atoms with E-state index in [2.05, 4.69) is 22.4 Å². The molecule has 1 N–H and O–H groups in total. The van der Waals surface area contributed by atoms with Gasteiger partial charge in [-0.1, -0.05) is 48.0 Å². The molecule has 0 atom stereocenters. The van der Waals surface area contributed by atoms with Crippen molar-refractivity contribution in [3.8, 4) is 11.5 Å². The van der Waals surface area contributed by atoms with Gasteiger partial charge in [0.1, 0.15) is 18.1 Å². The van der Waals surface area contributed by atoms with Gasteiger partial charge in [-0.05, 0) is 42.0 Å².